The molecule has 0 fully saturated rings. The monoisotopic (exact) mass is 587 g/mol. The molecule has 0 aliphatic carbocycles. The zero-order valence-electron chi connectivity index (χ0n) is 23.3. The minimum Gasteiger partial charge on any atom is -0.494 e. The number of hydrogen-bond donors (Lipinski definition) is 1. The number of methoxy groups -OCH3 is 1. The summed E-state index contributed by atoms with van der Waals surface area (Å²) in [4.78, 5) is 13.4. The highest BCUT2D eigenvalue weighted by Gasteiger charge is 2.08. The number of unbranched alkanes of at least 4 members (excludes halogenated alkanes) is 4. The number of amides is 1. The van der Waals surface area contributed by atoms with E-state index in [4.69, 9.17) is 26.4 Å². The maximum atomic E-state index is 12.2. The fourth-order valence-electron chi connectivity index (χ4n) is 4.09. The van der Waals surface area contributed by atoms with E-state index in [1.165, 1.54) is 29.7 Å². The number of nitrogens with one attached hydrogen (secondary N) is 1. The van der Waals surface area contributed by atoms with Gasteiger partial charge in [-0.3, -0.25) is 4.79 Å². The number of carbonyl (C=O) groups is 1. The molecular formula is C31H41NO4S3. The van der Waals surface area contributed by atoms with E-state index >= 15 is 0 Å². The van der Waals surface area contributed by atoms with Gasteiger partial charge >= 0.3 is 0 Å². The zero-order valence-corrected chi connectivity index (χ0v) is 25.8. The van der Waals surface area contributed by atoms with Crippen molar-refractivity contribution < 1.29 is 19.0 Å². The highest BCUT2D eigenvalue weighted by Crippen LogP contribution is 2.31. The van der Waals surface area contributed by atoms with Crippen molar-refractivity contribution in [3.8, 4) is 27.7 Å². The Morgan fingerprint density at radius 2 is 1.62 bits per heavy atom. The molecule has 0 radical (unpaired) electrons. The van der Waals surface area contributed by atoms with Gasteiger partial charge in [0, 0.05) is 17.8 Å². The van der Waals surface area contributed by atoms with Gasteiger partial charge in [0.1, 0.15) is 9.57 Å². The van der Waals surface area contributed by atoms with Gasteiger partial charge in [0.05, 0.1) is 20.3 Å². The highest BCUT2D eigenvalue weighted by atomic mass is 32.9. The number of ether oxygens (including phenoxy) is 3. The lowest BCUT2D eigenvalue weighted by Gasteiger charge is -2.13. The molecule has 1 heterocycles. The summed E-state index contributed by atoms with van der Waals surface area (Å²) in [6.45, 7) is 6.21. The van der Waals surface area contributed by atoms with E-state index in [2.05, 4.69) is 31.3 Å². The predicted molar refractivity (Wildman–Crippen MR) is 166 cm³/mol. The van der Waals surface area contributed by atoms with Crippen molar-refractivity contribution in [2.75, 3.05) is 20.3 Å². The first-order valence-corrected chi connectivity index (χ1v) is 16.4. The number of hydrogen-bond acceptors (Lipinski definition) is 7. The van der Waals surface area contributed by atoms with Crippen LogP contribution in [-0.4, -0.2) is 26.2 Å². The van der Waals surface area contributed by atoms with Crippen LogP contribution in [0.25, 0.3) is 10.4 Å². The first-order chi connectivity index (χ1) is 18.9. The minimum absolute atomic E-state index is 0.102. The molecule has 2 aromatic carbocycles. The van der Waals surface area contributed by atoms with Crippen LogP contribution in [0, 0.1) is 9.74 Å². The maximum Gasteiger partial charge on any atom is 0.220 e. The van der Waals surface area contributed by atoms with E-state index in [0.29, 0.717) is 37.7 Å². The Kier molecular flexibility index (Phi) is 13.8. The smallest absolute Gasteiger partial charge is 0.220 e. The van der Waals surface area contributed by atoms with Gasteiger partial charge in [-0.1, -0.05) is 78.5 Å². The summed E-state index contributed by atoms with van der Waals surface area (Å²) in [6, 6.07) is 16.0. The van der Waals surface area contributed by atoms with Crippen LogP contribution in [0.15, 0.2) is 48.5 Å². The number of carbonyl (C=O) groups excluding carboxylic acids is 1. The van der Waals surface area contributed by atoms with Gasteiger partial charge in [0.15, 0.2) is 11.5 Å². The SMILES string of the molecule is COc1cc(CNC(=O)CCCCCCC(C)C)ccc1OCCCCOc1ccc(-c2cc(=S)ss2)cc1. The lowest BCUT2D eigenvalue weighted by Crippen LogP contribution is -2.22. The Hall–Kier alpha value is -2.42. The summed E-state index contributed by atoms with van der Waals surface area (Å²) in [6.07, 6.45) is 8.14. The molecule has 3 aromatic rings. The highest BCUT2D eigenvalue weighted by molar-refractivity contribution is 7.80. The first-order valence-electron chi connectivity index (χ1n) is 13.8. The van der Waals surface area contributed by atoms with Crippen LogP contribution in [0.1, 0.15) is 70.8 Å². The van der Waals surface area contributed by atoms with Crippen LogP contribution >= 0.6 is 32.9 Å². The summed E-state index contributed by atoms with van der Waals surface area (Å²) in [5, 5.41) is 3.02. The van der Waals surface area contributed by atoms with E-state index in [-0.39, 0.29) is 5.91 Å². The normalized spacial score (nSPS) is 11.0. The van der Waals surface area contributed by atoms with Crippen LogP contribution in [0.5, 0.6) is 17.2 Å². The Labute approximate surface area is 245 Å². The molecule has 39 heavy (non-hydrogen) atoms. The Bertz CT molecular complexity index is 1190. The summed E-state index contributed by atoms with van der Waals surface area (Å²) >= 11 is 5.22. The van der Waals surface area contributed by atoms with E-state index in [9.17, 15) is 4.79 Å². The van der Waals surface area contributed by atoms with Crippen LogP contribution < -0.4 is 19.5 Å². The molecule has 5 nitrogen and oxygen atoms in total. The Morgan fingerprint density at radius 3 is 2.31 bits per heavy atom. The largest absolute Gasteiger partial charge is 0.494 e. The maximum absolute atomic E-state index is 12.2. The molecule has 0 spiro atoms. The van der Waals surface area contributed by atoms with Crippen molar-refractivity contribution in [2.45, 2.75) is 71.8 Å². The molecule has 0 atom stereocenters. The molecule has 1 N–H and O–H groups in total. The van der Waals surface area contributed by atoms with Gasteiger partial charge in [-0.05, 0) is 78.8 Å². The molecule has 3 rings (SSSR count). The fourth-order valence-corrected chi connectivity index (χ4v) is 6.49. The summed E-state index contributed by atoms with van der Waals surface area (Å²) in [7, 11) is 4.96. The number of benzene rings is 2. The van der Waals surface area contributed by atoms with Crippen LogP contribution in [0.3, 0.4) is 0 Å². The molecule has 212 valence electrons. The molecule has 0 aliphatic rings. The van der Waals surface area contributed by atoms with E-state index in [1.54, 1.807) is 27.8 Å². The second-order valence-corrected chi connectivity index (χ2v) is 12.9. The molecule has 1 aromatic heterocycles. The van der Waals surface area contributed by atoms with Gasteiger partial charge in [-0.25, -0.2) is 0 Å². The number of rotatable bonds is 18. The van der Waals surface area contributed by atoms with E-state index in [0.717, 1.165) is 46.7 Å². The van der Waals surface area contributed by atoms with Gasteiger partial charge in [-0.15, -0.1) is 0 Å². The van der Waals surface area contributed by atoms with Crippen LogP contribution in [0.4, 0.5) is 0 Å². The molecule has 0 saturated heterocycles. The van der Waals surface area contributed by atoms with Gasteiger partial charge in [0.2, 0.25) is 5.91 Å². The topological polar surface area (TPSA) is 56.8 Å². The summed E-state index contributed by atoms with van der Waals surface area (Å²) in [5.74, 6) is 3.12. The van der Waals surface area contributed by atoms with Gasteiger partial charge < -0.3 is 19.5 Å². The third-order valence-corrected chi connectivity index (χ3v) is 9.23. The second kappa shape index (κ2) is 17.3. The summed E-state index contributed by atoms with van der Waals surface area (Å²) in [5.41, 5.74) is 2.16. The molecule has 1 amide bonds. The lowest BCUT2D eigenvalue weighted by atomic mass is 10.0. The molecule has 0 saturated carbocycles. The van der Waals surface area contributed by atoms with Crippen molar-refractivity contribution in [2.24, 2.45) is 5.92 Å². The Morgan fingerprint density at radius 1 is 0.872 bits per heavy atom. The Balaban J connectivity index is 1.30. The van der Waals surface area contributed by atoms with Crippen molar-refractivity contribution in [1.82, 2.24) is 5.32 Å². The zero-order chi connectivity index (χ0) is 27.9. The average molecular weight is 588 g/mol. The standard InChI is InChI=1S/C31H41NO4S3/c1-23(2)10-6-4-5-7-11-30(33)32-22-24-12-17-27(28(20-24)34-3)36-19-9-8-18-35-26-15-13-25(14-16-26)29-21-31(37)39-38-29/h12-17,20-21,23H,4-11,18-19,22H2,1-3H3,(H,32,33). The van der Waals surface area contributed by atoms with Crippen molar-refractivity contribution in [1.29, 1.82) is 0 Å². The van der Waals surface area contributed by atoms with Crippen LogP contribution in [0.2, 0.25) is 0 Å². The molecular weight excluding hydrogens is 547 g/mol. The van der Waals surface area contributed by atoms with Crippen LogP contribution in [-0.2, 0) is 11.3 Å². The van der Waals surface area contributed by atoms with Crippen molar-refractivity contribution in [3.05, 3.63) is 57.9 Å². The molecule has 0 aliphatic heterocycles. The fraction of sp³-hybridized carbons (Fsp3) is 0.484. The summed E-state index contributed by atoms with van der Waals surface area (Å²) < 4.78 is 18.3. The second-order valence-electron chi connectivity index (χ2n) is 10.0. The molecule has 8 heteroatoms. The van der Waals surface area contributed by atoms with Crippen molar-refractivity contribution >= 4 is 38.8 Å². The minimum atomic E-state index is 0.102. The average Bonchev–Trinajstić information content (AvgIpc) is 3.38. The molecule has 0 unspecified atom stereocenters. The first kappa shape index (κ1) is 31.1. The third-order valence-electron chi connectivity index (χ3n) is 6.32. The third kappa shape index (κ3) is 11.7. The van der Waals surface area contributed by atoms with Gasteiger partial charge in [-0.2, -0.15) is 0 Å². The van der Waals surface area contributed by atoms with Gasteiger partial charge in [0.25, 0.3) is 0 Å². The quantitative estimate of drug-likeness (QED) is 0.0914. The van der Waals surface area contributed by atoms with E-state index < -0.39 is 0 Å². The molecule has 0 bridgehead atoms. The van der Waals surface area contributed by atoms with Crippen molar-refractivity contribution in [3.63, 3.8) is 0 Å². The lowest BCUT2D eigenvalue weighted by molar-refractivity contribution is -0.121. The van der Waals surface area contributed by atoms with E-state index in [1.807, 2.05) is 36.4 Å². The predicted octanol–water partition coefficient (Wildman–Crippen LogP) is 9.07.